The quantitative estimate of drug-likeness (QED) is 0.766. The Balaban J connectivity index is 1.71. The van der Waals surface area contributed by atoms with E-state index >= 15 is 0 Å². The number of nitrogens with one attached hydrogen (secondary N) is 2. The average Bonchev–Trinajstić information content (AvgIpc) is 2.55. The molecule has 2 aromatic rings. The van der Waals surface area contributed by atoms with Gasteiger partial charge in [-0.25, -0.2) is 4.79 Å². The molecule has 23 heavy (non-hydrogen) atoms. The van der Waals surface area contributed by atoms with Gasteiger partial charge in [0, 0.05) is 25.0 Å². The van der Waals surface area contributed by atoms with Gasteiger partial charge in [-0.05, 0) is 43.0 Å². The minimum atomic E-state index is -0.705. The molecule has 1 atom stereocenters. The summed E-state index contributed by atoms with van der Waals surface area (Å²) in [6.45, 7) is 4.59. The van der Waals surface area contributed by atoms with Crippen LogP contribution in [0.2, 0.25) is 0 Å². The molecule has 1 unspecified atom stereocenters. The molecule has 1 aromatic carbocycles. The van der Waals surface area contributed by atoms with Crippen LogP contribution in [0.5, 0.6) is 0 Å². The molecule has 0 saturated heterocycles. The monoisotopic (exact) mass is 313 g/mol. The SMILES string of the molecule is Cc1ccc(CCNC(=O)NCC(O)c2ccccc2C)cn1. The fraction of sp³-hybridized carbons (Fsp3) is 0.333. The van der Waals surface area contributed by atoms with E-state index in [4.69, 9.17) is 0 Å². The first-order chi connectivity index (χ1) is 11.1. The lowest BCUT2D eigenvalue weighted by molar-refractivity contribution is 0.172. The van der Waals surface area contributed by atoms with Crippen molar-refractivity contribution in [2.75, 3.05) is 13.1 Å². The number of aryl methyl sites for hydroxylation is 2. The van der Waals surface area contributed by atoms with Gasteiger partial charge in [0.1, 0.15) is 0 Å². The summed E-state index contributed by atoms with van der Waals surface area (Å²) in [6.07, 6.45) is 1.83. The lowest BCUT2D eigenvalue weighted by atomic mass is 10.0. The molecular formula is C18H23N3O2. The molecule has 2 rings (SSSR count). The number of pyridine rings is 1. The van der Waals surface area contributed by atoms with E-state index in [0.717, 1.165) is 28.8 Å². The van der Waals surface area contributed by atoms with Gasteiger partial charge >= 0.3 is 6.03 Å². The maximum atomic E-state index is 11.8. The van der Waals surface area contributed by atoms with Crippen molar-refractivity contribution in [3.05, 3.63) is 65.0 Å². The minimum absolute atomic E-state index is 0.183. The topological polar surface area (TPSA) is 74.2 Å². The lowest BCUT2D eigenvalue weighted by Gasteiger charge is -2.15. The van der Waals surface area contributed by atoms with Crippen LogP contribution < -0.4 is 10.6 Å². The lowest BCUT2D eigenvalue weighted by Crippen LogP contribution is -2.38. The predicted octanol–water partition coefficient (Wildman–Crippen LogP) is 2.27. The molecule has 0 radical (unpaired) electrons. The Morgan fingerprint density at radius 2 is 1.96 bits per heavy atom. The number of hydrogen-bond donors (Lipinski definition) is 3. The molecule has 0 bridgehead atoms. The largest absolute Gasteiger partial charge is 0.387 e. The Morgan fingerprint density at radius 3 is 2.65 bits per heavy atom. The van der Waals surface area contributed by atoms with E-state index in [1.165, 1.54) is 0 Å². The van der Waals surface area contributed by atoms with Gasteiger partial charge in [-0.2, -0.15) is 0 Å². The molecule has 1 aromatic heterocycles. The summed E-state index contributed by atoms with van der Waals surface area (Å²) in [4.78, 5) is 16.0. The average molecular weight is 313 g/mol. The maximum Gasteiger partial charge on any atom is 0.314 e. The second kappa shape index (κ2) is 8.29. The van der Waals surface area contributed by atoms with Crippen LogP contribution in [0.25, 0.3) is 0 Å². The highest BCUT2D eigenvalue weighted by molar-refractivity contribution is 5.73. The van der Waals surface area contributed by atoms with Crippen molar-refractivity contribution in [3.8, 4) is 0 Å². The second-order valence-corrected chi connectivity index (χ2v) is 5.57. The van der Waals surface area contributed by atoms with Gasteiger partial charge < -0.3 is 15.7 Å². The smallest absolute Gasteiger partial charge is 0.314 e. The zero-order chi connectivity index (χ0) is 16.7. The molecule has 5 nitrogen and oxygen atoms in total. The number of hydrogen-bond acceptors (Lipinski definition) is 3. The number of aliphatic hydroxyl groups is 1. The van der Waals surface area contributed by atoms with E-state index in [9.17, 15) is 9.90 Å². The van der Waals surface area contributed by atoms with E-state index < -0.39 is 6.10 Å². The zero-order valence-electron chi connectivity index (χ0n) is 13.5. The van der Waals surface area contributed by atoms with Crippen molar-refractivity contribution in [1.29, 1.82) is 0 Å². The molecule has 0 fully saturated rings. The molecule has 0 saturated carbocycles. The third-order valence-corrected chi connectivity index (χ3v) is 3.68. The third kappa shape index (κ3) is 5.38. The molecule has 1 heterocycles. The van der Waals surface area contributed by atoms with Gasteiger partial charge in [0.05, 0.1) is 6.10 Å². The highest BCUT2D eigenvalue weighted by atomic mass is 16.3. The normalized spacial score (nSPS) is 11.8. The summed E-state index contributed by atoms with van der Waals surface area (Å²) in [5, 5.41) is 15.6. The Kier molecular flexibility index (Phi) is 6.11. The molecule has 0 spiro atoms. The molecule has 0 aliphatic carbocycles. The van der Waals surface area contributed by atoms with Gasteiger partial charge in [-0.1, -0.05) is 30.3 Å². The number of carbonyl (C=O) groups excluding carboxylic acids is 1. The van der Waals surface area contributed by atoms with E-state index in [1.807, 2.05) is 56.4 Å². The number of urea groups is 1. The van der Waals surface area contributed by atoms with E-state index in [1.54, 1.807) is 0 Å². The second-order valence-electron chi connectivity index (χ2n) is 5.57. The number of amides is 2. The van der Waals surface area contributed by atoms with Crippen molar-refractivity contribution in [2.45, 2.75) is 26.4 Å². The van der Waals surface area contributed by atoms with Crippen molar-refractivity contribution in [1.82, 2.24) is 15.6 Å². The molecule has 122 valence electrons. The first-order valence-electron chi connectivity index (χ1n) is 7.73. The summed E-state index contributed by atoms with van der Waals surface area (Å²) in [5.74, 6) is 0. The van der Waals surface area contributed by atoms with Crippen LogP contribution in [-0.2, 0) is 6.42 Å². The molecule has 0 aliphatic rings. The minimum Gasteiger partial charge on any atom is -0.387 e. The molecule has 5 heteroatoms. The van der Waals surface area contributed by atoms with Gasteiger partial charge in [-0.15, -0.1) is 0 Å². The first-order valence-corrected chi connectivity index (χ1v) is 7.73. The van der Waals surface area contributed by atoms with E-state index in [0.29, 0.717) is 6.54 Å². The summed E-state index contributed by atoms with van der Waals surface area (Å²) in [7, 11) is 0. The predicted molar refractivity (Wildman–Crippen MR) is 90.2 cm³/mol. The van der Waals surface area contributed by atoms with Crippen LogP contribution in [0, 0.1) is 13.8 Å². The number of benzene rings is 1. The van der Waals surface area contributed by atoms with Crippen LogP contribution in [0.4, 0.5) is 4.79 Å². The molecule has 0 aliphatic heterocycles. The van der Waals surface area contributed by atoms with Gasteiger partial charge in [-0.3, -0.25) is 4.98 Å². The summed E-state index contributed by atoms with van der Waals surface area (Å²) < 4.78 is 0. The molecular weight excluding hydrogens is 290 g/mol. The Bertz CT molecular complexity index is 641. The van der Waals surface area contributed by atoms with Crippen LogP contribution in [0.3, 0.4) is 0 Å². The van der Waals surface area contributed by atoms with Gasteiger partial charge in [0.15, 0.2) is 0 Å². The standard InChI is InChI=1S/C18H23N3O2/c1-13-5-3-4-6-16(13)17(22)12-21-18(23)19-10-9-15-8-7-14(2)20-11-15/h3-8,11,17,22H,9-10,12H2,1-2H3,(H2,19,21,23). The van der Waals surface area contributed by atoms with Crippen LogP contribution >= 0.6 is 0 Å². The number of aromatic nitrogens is 1. The molecule has 3 N–H and O–H groups in total. The third-order valence-electron chi connectivity index (χ3n) is 3.68. The fourth-order valence-corrected chi connectivity index (χ4v) is 2.29. The Labute approximate surface area is 136 Å². The first kappa shape index (κ1) is 17.0. The van der Waals surface area contributed by atoms with Gasteiger partial charge in [0.25, 0.3) is 0 Å². The van der Waals surface area contributed by atoms with Crippen LogP contribution in [0.1, 0.15) is 28.5 Å². The summed E-state index contributed by atoms with van der Waals surface area (Å²) in [5.41, 5.74) is 3.90. The number of aliphatic hydroxyl groups excluding tert-OH is 1. The van der Waals surface area contributed by atoms with Crippen LogP contribution in [0.15, 0.2) is 42.6 Å². The highest BCUT2D eigenvalue weighted by Crippen LogP contribution is 2.16. The van der Waals surface area contributed by atoms with Gasteiger partial charge in [0.2, 0.25) is 0 Å². The van der Waals surface area contributed by atoms with E-state index in [-0.39, 0.29) is 12.6 Å². The van der Waals surface area contributed by atoms with Crippen LogP contribution in [-0.4, -0.2) is 29.2 Å². The van der Waals surface area contributed by atoms with Crippen molar-refractivity contribution in [3.63, 3.8) is 0 Å². The summed E-state index contributed by atoms with van der Waals surface area (Å²) >= 11 is 0. The zero-order valence-corrected chi connectivity index (χ0v) is 13.5. The van der Waals surface area contributed by atoms with Crippen molar-refractivity contribution in [2.24, 2.45) is 0 Å². The number of nitrogens with zero attached hydrogens (tertiary/aromatic N) is 1. The molecule has 2 amide bonds. The maximum absolute atomic E-state index is 11.8. The van der Waals surface area contributed by atoms with Crippen molar-refractivity contribution >= 4 is 6.03 Å². The Morgan fingerprint density at radius 1 is 1.17 bits per heavy atom. The number of rotatable bonds is 6. The Hall–Kier alpha value is -2.40. The van der Waals surface area contributed by atoms with Crippen molar-refractivity contribution < 1.29 is 9.90 Å². The number of carbonyl (C=O) groups is 1. The summed E-state index contributed by atoms with van der Waals surface area (Å²) in [6, 6.07) is 11.3. The van der Waals surface area contributed by atoms with E-state index in [2.05, 4.69) is 15.6 Å². The fourth-order valence-electron chi connectivity index (χ4n) is 2.29. The highest BCUT2D eigenvalue weighted by Gasteiger charge is 2.11.